The first-order valence-corrected chi connectivity index (χ1v) is 7.94. The van der Waals surface area contributed by atoms with E-state index in [2.05, 4.69) is 9.69 Å². The van der Waals surface area contributed by atoms with E-state index in [0.29, 0.717) is 29.3 Å². The number of hydrogen-bond acceptors (Lipinski definition) is 7. The van der Waals surface area contributed by atoms with Crippen LogP contribution in [0.4, 0.5) is 5.00 Å². The Kier molecular flexibility index (Phi) is 5.36. The molecule has 0 aliphatic carbocycles. The van der Waals surface area contributed by atoms with Gasteiger partial charge in [-0.25, -0.2) is 4.79 Å². The summed E-state index contributed by atoms with van der Waals surface area (Å²) in [7, 11) is 1.71. The number of esters is 1. The largest absolute Gasteiger partial charge is 0.452 e. The van der Waals surface area contributed by atoms with E-state index in [1.165, 1.54) is 11.5 Å². The molecular weight excluding hydrogens is 306 g/mol. The van der Waals surface area contributed by atoms with Crippen molar-refractivity contribution in [3.8, 4) is 0 Å². The van der Waals surface area contributed by atoms with Gasteiger partial charge in [0.25, 0.3) is 5.91 Å². The zero-order valence-electron chi connectivity index (χ0n) is 13.2. The Balaban J connectivity index is 1.93. The summed E-state index contributed by atoms with van der Waals surface area (Å²) in [6.45, 7) is 6.34. The van der Waals surface area contributed by atoms with Gasteiger partial charge in [-0.15, -0.1) is 0 Å². The maximum Gasteiger partial charge on any atom is 0.343 e. The molecule has 1 amide bonds. The molecule has 1 aliphatic heterocycles. The van der Waals surface area contributed by atoms with Crippen LogP contribution in [0.25, 0.3) is 0 Å². The van der Waals surface area contributed by atoms with Crippen molar-refractivity contribution in [2.45, 2.75) is 33.0 Å². The number of ether oxygens (including phenoxy) is 2. The lowest BCUT2D eigenvalue weighted by Crippen LogP contribution is -2.49. The van der Waals surface area contributed by atoms with Crippen molar-refractivity contribution in [3.63, 3.8) is 0 Å². The number of carbonyl (C=O) groups excluding carboxylic acids is 2. The maximum atomic E-state index is 12.2. The van der Waals surface area contributed by atoms with Crippen LogP contribution in [0.5, 0.6) is 0 Å². The first kappa shape index (κ1) is 16.7. The molecule has 122 valence electrons. The number of nitrogens with zero attached hydrogens (tertiary/aromatic N) is 2. The zero-order valence-corrected chi connectivity index (χ0v) is 14.0. The van der Waals surface area contributed by atoms with Gasteiger partial charge in [0.1, 0.15) is 10.6 Å². The summed E-state index contributed by atoms with van der Waals surface area (Å²) in [5.74, 6) is -0.736. The predicted octanol–water partition coefficient (Wildman–Crippen LogP) is 1.29. The van der Waals surface area contributed by atoms with Gasteiger partial charge in [-0.3, -0.25) is 4.79 Å². The summed E-state index contributed by atoms with van der Waals surface area (Å²) in [5.41, 5.74) is 0.990. The number of hydrogen-bond donors (Lipinski definition) is 1. The van der Waals surface area contributed by atoms with Gasteiger partial charge >= 0.3 is 5.97 Å². The molecular formula is C14H21N3O4S. The van der Waals surface area contributed by atoms with Crippen LogP contribution in [0.2, 0.25) is 0 Å². The summed E-state index contributed by atoms with van der Waals surface area (Å²) in [5, 5.41) is 3.55. The predicted molar refractivity (Wildman–Crippen MR) is 83.3 cm³/mol. The van der Waals surface area contributed by atoms with Gasteiger partial charge < -0.3 is 19.7 Å². The van der Waals surface area contributed by atoms with Crippen LogP contribution in [0, 0.1) is 6.92 Å². The third kappa shape index (κ3) is 3.75. The molecule has 0 radical (unpaired) electrons. The standard InChI is InChI=1S/C14H21N3O4S/c1-8-5-17(6-9(2)21-8)11(18)7-20-14(19)12-10(3)16-22-13(12)15-4/h8-9,15H,5-7H2,1-4H3. The highest BCUT2D eigenvalue weighted by Crippen LogP contribution is 2.24. The van der Waals surface area contributed by atoms with E-state index < -0.39 is 5.97 Å². The minimum absolute atomic E-state index is 0.0115. The molecule has 0 saturated carbocycles. The average molecular weight is 327 g/mol. The quantitative estimate of drug-likeness (QED) is 0.839. The van der Waals surface area contributed by atoms with Crippen LogP contribution in [0.1, 0.15) is 29.9 Å². The lowest BCUT2D eigenvalue weighted by molar-refractivity contribution is -0.146. The topological polar surface area (TPSA) is 80.8 Å². The Bertz CT molecular complexity index is 550. The second-order valence-corrected chi connectivity index (χ2v) is 6.13. The number of morpholine rings is 1. The lowest BCUT2D eigenvalue weighted by Gasteiger charge is -2.35. The Labute approximate surface area is 133 Å². The number of aryl methyl sites for hydroxylation is 1. The monoisotopic (exact) mass is 327 g/mol. The van der Waals surface area contributed by atoms with Crippen LogP contribution >= 0.6 is 11.5 Å². The van der Waals surface area contributed by atoms with Crippen molar-refractivity contribution >= 4 is 28.4 Å². The lowest BCUT2D eigenvalue weighted by atomic mass is 10.2. The first-order chi connectivity index (χ1) is 10.4. The van der Waals surface area contributed by atoms with E-state index in [4.69, 9.17) is 9.47 Å². The molecule has 0 aromatic carbocycles. The van der Waals surface area contributed by atoms with E-state index in [9.17, 15) is 9.59 Å². The fourth-order valence-corrected chi connectivity index (χ4v) is 3.19. The highest BCUT2D eigenvalue weighted by molar-refractivity contribution is 7.10. The van der Waals surface area contributed by atoms with E-state index in [0.717, 1.165) is 0 Å². The van der Waals surface area contributed by atoms with E-state index in [-0.39, 0.29) is 24.7 Å². The Morgan fingerprint density at radius 1 is 1.41 bits per heavy atom. The fourth-order valence-electron chi connectivity index (χ4n) is 2.45. The number of nitrogens with one attached hydrogen (secondary N) is 1. The third-order valence-corrected chi connectivity index (χ3v) is 4.35. The summed E-state index contributed by atoms with van der Waals surface area (Å²) in [4.78, 5) is 26.0. The van der Waals surface area contributed by atoms with E-state index in [1.807, 2.05) is 13.8 Å². The molecule has 1 fully saturated rings. The van der Waals surface area contributed by atoms with Gasteiger partial charge in [0, 0.05) is 20.1 Å². The SMILES string of the molecule is CNc1snc(C)c1C(=O)OCC(=O)N1CC(C)OC(C)C1. The first-order valence-electron chi connectivity index (χ1n) is 7.16. The molecule has 1 N–H and O–H groups in total. The number of carbonyl (C=O) groups is 2. The Morgan fingerprint density at radius 3 is 2.64 bits per heavy atom. The smallest absolute Gasteiger partial charge is 0.343 e. The van der Waals surface area contributed by atoms with E-state index in [1.54, 1.807) is 18.9 Å². The van der Waals surface area contributed by atoms with Crippen LogP contribution in [-0.2, 0) is 14.3 Å². The molecule has 22 heavy (non-hydrogen) atoms. The molecule has 2 atom stereocenters. The second-order valence-electron chi connectivity index (χ2n) is 5.35. The summed E-state index contributed by atoms with van der Waals surface area (Å²) >= 11 is 1.19. The Morgan fingerprint density at radius 2 is 2.05 bits per heavy atom. The molecule has 0 spiro atoms. The van der Waals surface area contributed by atoms with Crippen molar-refractivity contribution < 1.29 is 19.1 Å². The summed E-state index contributed by atoms with van der Waals surface area (Å²) < 4.78 is 14.8. The second kappa shape index (κ2) is 7.06. The molecule has 8 heteroatoms. The van der Waals surface area contributed by atoms with Crippen molar-refractivity contribution in [2.24, 2.45) is 0 Å². The molecule has 0 bridgehead atoms. The van der Waals surface area contributed by atoms with Crippen LogP contribution in [0.15, 0.2) is 0 Å². The zero-order chi connectivity index (χ0) is 16.3. The minimum Gasteiger partial charge on any atom is -0.452 e. The number of amides is 1. The summed E-state index contributed by atoms with van der Waals surface area (Å²) in [6, 6.07) is 0. The van der Waals surface area contributed by atoms with Gasteiger partial charge in [0.2, 0.25) is 0 Å². The maximum absolute atomic E-state index is 12.2. The third-order valence-electron chi connectivity index (χ3n) is 3.39. The van der Waals surface area contributed by atoms with Gasteiger partial charge in [0.15, 0.2) is 6.61 Å². The molecule has 1 aromatic rings. The highest BCUT2D eigenvalue weighted by atomic mass is 32.1. The van der Waals surface area contributed by atoms with Crippen LogP contribution in [0.3, 0.4) is 0 Å². The number of aromatic nitrogens is 1. The average Bonchev–Trinajstić information content (AvgIpc) is 2.84. The summed E-state index contributed by atoms with van der Waals surface area (Å²) in [6.07, 6.45) is -0.0229. The van der Waals surface area contributed by atoms with Crippen LogP contribution < -0.4 is 5.32 Å². The van der Waals surface area contributed by atoms with Gasteiger partial charge in [-0.2, -0.15) is 4.37 Å². The molecule has 1 aromatic heterocycles. The van der Waals surface area contributed by atoms with Crippen LogP contribution in [-0.4, -0.2) is 60.1 Å². The van der Waals surface area contributed by atoms with E-state index >= 15 is 0 Å². The number of rotatable bonds is 4. The molecule has 2 rings (SSSR count). The number of anilines is 1. The van der Waals surface area contributed by atoms with Crippen molar-refractivity contribution in [1.29, 1.82) is 0 Å². The Hall–Kier alpha value is -1.67. The van der Waals surface area contributed by atoms with Gasteiger partial charge in [-0.1, -0.05) is 0 Å². The normalized spacial score (nSPS) is 21.5. The molecule has 1 saturated heterocycles. The molecule has 2 unspecified atom stereocenters. The van der Waals surface area contributed by atoms with Crippen molar-refractivity contribution in [2.75, 3.05) is 32.1 Å². The fraction of sp³-hybridized carbons (Fsp3) is 0.643. The van der Waals surface area contributed by atoms with Gasteiger partial charge in [0.05, 0.1) is 17.9 Å². The molecule has 1 aliphatic rings. The minimum atomic E-state index is -0.529. The molecule has 7 nitrogen and oxygen atoms in total. The van der Waals surface area contributed by atoms with Crippen molar-refractivity contribution in [1.82, 2.24) is 9.27 Å². The highest BCUT2D eigenvalue weighted by Gasteiger charge is 2.27. The van der Waals surface area contributed by atoms with Gasteiger partial charge in [-0.05, 0) is 32.3 Å². The molecule has 2 heterocycles. The van der Waals surface area contributed by atoms with Crippen molar-refractivity contribution in [3.05, 3.63) is 11.3 Å².